The van der Waals surface area contributed by atoms with Crippen LogP contribution < -0.4 is 4.72 Å². The summed E-state index contributed by atoms with van der Waals surface area (Å²) in [7, 11) is -3.53. The van der Waals surface area contributed by atoms with Gasteiger partial charge in [0.15, 0.2) is 0 Å². The lowest BCUT2D eigenvalue weighted by Crippen LogP contribution is -2.32. The van der Waals surface area contributed by atoms with Crippen LogP contribution in [0.15, 0.2) is 24.3 Å². The minimum atomic E-state index is -3.53. The molecule has 1 aliphatic carbocycles. The third kappa shape index (κ3) is 3.78. The van der Waals surface area contributed by atoms with Gasteiger partial charge in [-0.2, -0.15) is 0 Å². The fourth-order valence-electron chi connectivity index (χ4n) is 1.90. The summed E-state index contributed by atoms with van der Waals surface area (Å²) in [4.78, 5) is 10.8. The van der Waals surface area contributed by atoms with Gasteiger partial charge in [0.25, 0.3) is 0 Å². The molecule has 0 radical (unpaired) electrons. The Kier molecular flexibility index (Phi) is 4.12. The number of hydrogen-bond acceptors (Lipinski definition) is 4. The Hall–Kier alpha value is -1.44. The molecule has 0 amide bonds. The number of carbonyl (C=O) groups is 1. The second kappa shape index (κ2) is 5.51. The number of carboxylic acids is 1. The number of carboxylic acid groups (broad SMARTS) is 1. The predicted octanol–water partition coefficient (Wildman–Crippen LogP) is 0.577. The lowest BCUT2D eigenvalue weighted by atomic mass is 10.1. The molecule has 20 heavy (non-hydrogen) atoms. The highest BCUT2D eigenvalue weighted by Gasteiger charge is 2.42. The van der Waals surface area contributed by atoms with E-state index in [1.54, 1.807) is 6.07 Å². The lowest BCUT2D eigenvalue weighted by molar-refractivity contribution is 0.0696. The molecular formula is C13H17NO5S. The van der Waals surface area contributed by atoms with Crippen molar-refractivity contribution in [3.05, 3.63) is 35.4 Å². The van der Waals surface area contributed by atoms with Crippen LogP contribution in [0.5, 0.6) is 0 Å². The van der Waals surface area contributed by atoms with Gasteiger partial charge >= 0.3 is 5.97 Å². The van der Waals surface area contributed by atoms with Crippen molar-refractivity contribution in [2.45, 2.75) is 18.6 Å². The molecule has 0 aliphatic heterocycles. The summed E-state index contributed by atoms with van der Waals surface area (Å²) >= 11 is 0. The molecule has 2 rings (SSSR count). The third-order valence-electron chi connectivity index (χ3n) is 3.49. The van der Waals surface area contributed by atoms with Gasteiger partial charge in [0.1, 0.15) is 0 Å². The van der Waals surface area contributed by atoms with Crippen molar-refractivity contribution in [1.29, 1.82) is 0 Å². The fraction of sp³-hybridized carbons (Fsp3) is 0.462. The Morgan fingerprint density at radius 1 is 1.35 bits per heavy atom. The Morgan fingerprint density at radius 3 is 2.60 bits per heavy atom. The largest absolute Gasteiger partial charge is 0.478 e. The van der Waals surface area contributed by atoms with Gasteiger partial charge in [-0.15, -0.1) is 0 Å². The first kappa shape index (κ1) is 15.0. The average Bonchev–Trinajstić information content (AvgIpc) is 3.17. The summed E-state index contributed by atoms with van der Waals surface area (Å²) in [5.41, 5.74) is 0.189. The first-order valence-electron chi connectivity index (χ1n) is 6.26. The second-order valence-electron chi connectivity index (χ2n) is 5.24. The number of nitrogens with one attached hydrogen (secondary N) is 1. The highest BCUT2D eigenvalue weighted by Crippen LogP contribution is 2.44. The molecule has 3 N–H and O–H groups in total. The van der Waals surface area contributed by atoms with Crippen LogP contribution in [0.25, 0.3) is 0 Å². The van der Waals surface area contributed by atoms with Crippen LogP contribution in [-0.2, 0) is 15.8 Å². The van der Waals surface area contributed by atoms with Crippen molar-refractivity contribution >= 4 is 16.0 Å². The SMILES string of the molecule is O=C(O)c1cccc(CS(=O)(=O)NCC2(CO)CC2)c1. The van der Waals surface area contributed by atoms with Crippen molar-refractivity contribution in [2.24, 2.45) is 5.41 Å². The number of benzene rings is 1. The van der Waals surface area contributed by atoms with Crippen LogP contribution in [-0.4, -0.2) is 37.8 Å². The zero-order valence-corrected chi connectivity index (χ0v) is 11.7. The molecule has 0 heterocycles. The Bertz CT molecular complexity index is 607. The van der Waals surface area contributed by atoms with Gasteiger partial charge in [0.2, 0.25) is 10.0 Å². The molecule has 0 unspecified atom stereocenters. The number of hydrogen-bond donors (Lipinski definition) is 3. The van der Waals surface area contributed by atoms with Gasteiger partial charge < -0.3 is 10.2 Å². The molecule has 6 nitrogen and oxygen atoms in total. The summed E-state index contributed by atoms with van der Waals surface area (Å²) in [6.07, 6.45) is 1.64. The number of aliphatic hydroxyl groups is 1. The van der Waals surface area contributed by atoms with Crippen molar-refractivity contribution in [1.82, 2.24) is 4.72 Å². The van der Waals surface area contributed by atoms with Crippen LogP contribution in [0.3, 0.4) is 0 Å². The summed E-state index contributed by atoms with van der Waals surface area (Å²) < 4.78 is 26.3. The van der Waals surface area contributed by atoms with Crippen LogP contribution in [0.2, 0.25) is 0 Å². The van der Waals surface area contributed by atoms with E-state index in [0.29, 0.717) is 5.56 Å². The van der Waals surface area contributed by atoms with Crippen molar-refractivity contribution in [3.8, 4) is 0 Å². The first-order chi connectivity index (χ1) is 9.36. The molecule has 0 saturated heterocycles. The maximum absolute atomic E-state index is 11.9. The fourth-order valence-corrected chi connectivity index (χ4v) is 3.14. The monoisotopic (exact) mass is 299 g/mol. The summed E-state index contributed by atoms with van der Waals surface area (Å²) in [6, 6.07) is 5.85. The number of aliphatic hydroxyl groups excluding tert-OH is 1. The zero-order valence-electron chi connectivity index (χ0n) is 10.9. The second-order valence-corrected chi connectivity index (χ2v) is 7.05. The van der Waals surface area contributed by atoms with E-state index in [0.717, 1.165) is 12.8 Å². The van der Waals surface area contributed by atoms with Crippen LogP contribution in [0.1, 0.15) is 28.8 Å². The molecule has 1 saturated carbocycles. The minimum absolute atomic E-state index is 0.0238. The Balaban J connectivity index is 2.01. The van der Waals surface area contributed by atoms with Gasteiger partial charge in [-0.05, 0) is 30.5 Å². The minimum Gasteiger partial charge on any atom is -0.478 e. The molecular weight excluding hydrogens is 282 g/mol. The quantitative estimate of drug-likeness (QED) is 0.683. The van der Waals surface area contributed by atoms with Crippen LogP contribution in [0, 0.1) is 5.41 Å². The number of sulfonamides is 1. The molecule has 0 spiro atoms. The first-order valence-corrected chi connectivity index (χ1v) is 7.92. The number of aromatic carboxylic acids is 1. The molecule has 110 valence electrons. The van der Waals surface area contributed by atoms with E-state index in [4.69, 9.17) is 10.2 Å². The maximum atomic E-state index is 11.9. The highest BCUT2D eigenvalue weighted by molar-refractivity contribution is 7.88. The van der Waals surface area contributed by atoms with E-state index in [1.165, 1.54) is 18.2 Å². The average molecular weight is 299 g/mol. The van der Waals surface area contributed by atoms with Gasteiger partial charge in [0, 0.05) is 18.6 Å². The van der Waals surface area contributed by atoms with E-state index >= 15 is 0 Å². The van der Waals surface area contributed by atoms with E-state index in [2.05, 4.69) is 4.72 Å². The molecule has 0 atom stereocenters. The van der Waals surface area contributed by atoms with E-state index in [-0.39, 0.29) is 29.9 Å². The molecule has 1 aromatic rings. The molecule has 1 aromatic carbocycles. The molecule has 1 fully saturated rings. The Labute approximate surface area is 117 Å². The topological polar surface area (TPSA) is 104 Å². The van der Waals surface area contributed by atoms with Crippen LogP contribution >= 0.6 is 0 Å². The van der Waals surface area contributed by atoms with Crippen molar-refractivity contribution in [2.75, 3.05) is 13.2 Å². The van der Waals surface area contributed by atoms with E-state index < -0.39 is 16.0 Å². The maximum Gasteiger partial charge on any atom is 0.335 e. The summed E-state index contributed by atoms with van der Waals surface area (Å²) in [5, 5.41) is 18.0. The van der Waals surface area contributed by atoms with Gasteiger partial charge in [-0.1, -0.05) is 12.1 Å². The normalized spacial score (nSPS) is 16.9. The van der Waals surface area contributed by atoms with E-state index in [9.17, 15) is 13.2 Å². The van der Waals surface area contributed by atoms with Crippen LogP contribution in [0.4, 0.5) is 0 Å². The molecule has 0 bridgehead atoms. The van der Waals surface area contributed by atoms with Gasteiger partial charge in [0.05, 0.1) is 11.3 Å². The van der Waals surface area contributed by atoms with Gasteiger partial charge in [-0.3, -0.25) is 0 Å². The van der Waals surface area contributed by atoms with Gasteiger partial charge in [-0.25, -0.2) is 17.9 Å². The third-order valence-corrected chi connectivity index (χ3v) is 4.79. The molecule has 7 heteroatoms. The van der Waals surface area contributed by atoms with Crippen molar-refractivity contribution in [3.63, 3.8) is 0 Å². The molecule has 1 aliphatic rings. The predicted molar refractivity (Wildman–Crippen MR) is 72.8 cm³/mol. The summed E-state index contributed by atoms with van der Waals surface area (Å²) in [6.45, 7) is 0.203. The highest BCUT2D eigenvalue weighted by atomic mass is 32.2. The van der Waals surface area contributed by atoms with Crippen molar-refractivity contribution < 1.29 is 23.4 Å². The lowest BCUT2D eigenvalue weighted by Gasteiger charge is -2.13. The summed E-state index contributed by atoms with van der Waals surface area (Å²) in [5.74, 6) is -1.36. The standard InChI is InChI=1S/C13H17NO5S/c15-9-13(4-5-13)8-14-20(18,19)7-10-2-1-3-11(6-10)12(16)17/h1-3,6,14-15H,4-5,7-9H2,(H,16,17). The van der Waals surface area contributed by atoms with E-state index in [1.807, 2.05) is 0 Å². The Morgan fingerprint density at radius 2 is 2.05 bits per heavy atom. The smallest absolute Gasteiger partial charge is 0.335 e. The number of rotatable bonds is 7. The zero-order chi connectivity index (χ0) is 14.8. The molecule has 0 aromatic heterocycles.